The summed E-state index contributed by atoms with van der Waals surface area (Å²) in [5, 5.41) is 5.35. The van der Waals surface area contributed by atoms with Crippen molar-refractivity contribution >= 4 is 45.4 Å². The summed E-state index contributed by atoms with van der Waals surface area (Å²) < 4.78 is 3.06. The molecule has 0 atom stereocenters. The van der Waals surface area contributed by atoms with E-state index in [1.165, 1.54) is 10.4 Å². The molecule has 0 aliphatic heterocycles. The second-order valence-corrected chi connectivity index (χ2v) is 6.77. The Balaban J connectivity index is 1.59. The number of halogens is 2. The first-order valence-electron chi connectivity index (χ1n) is 6.42. The van der Waals surface area contributed by atoms with Gasteiger partial charge in [0.15, 0.2) is 0 Å². The maximum atomic E-state index is 6.17. The van der Waals surface area contributed by atoms with Crippen molar-refractivity contribution in [1.82, 2.24) is 9.88 Å². The monoisotopic (exact) mass is 324 g/mol. The Morgan fingerprint density at radius 1 is 1.10 bits per heavy atom. The molecule has 3 rings (SSSR count). The number of hydrogen-bond donors (Lipinski definition) is 1. The van der Waals surface area contributed by atoms with Crippen LogP contribution in [0.2, 0.25) is 9.36 Å². The van der Waals surface area contributed by atoms with E-state index >= 15 is 0 Å². The van der Waals surface area contributed by atoms with Crippen LogP contribution >= 0.6 is 34.5 Å². The number of nitrogens with zero attached hydrogens (tertiary/aromatic N) is 1. The van der Waals surface area contributed by atoms with Crippen LogP contribution in [-0.4, -0.2) is 11.1 Å². The fourth-order valence-electron chi connectivity index (χ4n) is 2.24. The van der Waals surface area contributed by atoms with Crippen molar-refractivity contribution in [2.75, 3.05) is 6.54 Å². The number of fused-ring (bicyclic) bond motifs is 1. The minimum Gasteiger partial charge on any atom is -0.346 e. The Bertz CT molecular complexity index is 718. The number of aromatic nitrogens is 1. The fourth-order valence-corrected chi connectivity index (χ4v) is 3.53. The van der Waals surface area contributed by atoms with Crippen LogP contribution in [0.15, 0.2) is 42.6 Å². The van der Waals surface area contributed by atoms with E-state index < -0.39 is 0 Å². The summed E-state index contributed by atoms with van der Waals surface area (Å²) in [5.41, 5.74) is 1.18. The number of benzene rings is 1. The molecule has 0 bridgehead atoms. The van der Waals surface area contributed by atoms with Crippen molar-refractivity contribution < 1.29 is 0 Å². The molecule has 0 saturated heterocycles. The maximum Gasteiger partial charge on any atom is 0.0931 e. The maximum absolute atomic E-state index is 6.17. The largest absolute Gasteiger partial charge is 0.346 e. The Hall–Kier alpha value is -1.00. The molecule has 5 heteroatoms. The molecule has 3 aromatic rings. The summed E-state index contributed by atoms with van der Waals surface area (Å²) in [6, 6.07) is 12.1. The third-order valence-electron chi connectivity index (χ3n) is 3.22. The molecule has 0 unspecified atom stereocenters. The summed E-state index contributed by atoms with van der Waals surface area (Å²) in [7, 11) is 0. The first-order chi connectivity index (χ1) is 9.74. The first kappa shape index (κ1) is 14.0. The normalized spacial score (nSPS) is 11.3. The minimum absolute atomic E-state index is 0.808. The van der Waals surface area contributed by atoms with E-state index in [-0.39, 0.29) is 0 Å². The zero-order valence-electron chi connectivity index (χ0n) is 10.8. The number of thiophene rings is 1. The van der Waals surface area contributed by atoms with E-state index in [0.717, 1.165) is 34.4 Å². The highest BCUT2D eigenvalue weighted by Crippen LogP contribution is 2.24. The van der Waals surface area contributed by atoms with Crippen LogP contribution in [0.1, 0.15) is 4.88 Å². The smallest absolute Gasteiger partial charge is 0.0931 e. The van der Waals surface area contributed by atoms with Gasteiger partial charge in [0.2, 0.25) is 0 Å². The number of rotatable bonds is 5. The van der Waals surface area contributed by atoms with Gasteiger partial charge in [-0.25, -0.2) is 0 Å². The van der Waals surface area contributed by atoms with E-state index in [1.807, 2.05) is 18.2 Å². The molecule has 2 aromatic heterocycles. The van der Waals surface area contributed by atoms with Gasteiger partial charge < -0.3 is 9.88 Å². The summed E-state index contributed by atoms with van der Waals surface area (Å²) in [4.78, 5) is 1.26. The van der Waals surface area contributed by atoms with Gasteiger partial charge in [0.1, 0.15) is 0 Å². The van der Waals surface area contributed by atoms with E-state index in [2.05, 4.69) is 34.3 Å². The third kappa shape index (κ3) is 3.01. The summed E-state index contributed by atoms with van der Waals surface area (Å²) >= 11 is 13.7. The predicted molar refractivity (Wildman–Crippen MR) is 88.0 cm³/mol. The van der Waals surface area contributed by atoms with Crippen molar-refractivity contribution in [1.29, 1.82) is 0 Å². The van der Waals surface area contributed by atoms with Gasteiger partial charge in [-0.1, -0.05) is 29.3 Å². The van der Waals surface area contributed by atoms with Crippen LogP contribution in [-0.2, 0) is 13.1 Å². The van der Waals surface area contributed by atoms with E-state index in [4.69, 9.17) is 23.2 Å². The minimum atomic E-state index is 0.808. The predicted octanol–water partition coefficient (Wildman–Crippen LogP) is 4.80. The molecule has 0 amide bonds. The number of nitrogens with one attached hydrogen (secondary N) is 1. The summed E-state index contributed by atoms with van der Waals surface area (Å²) in [6.45, 7) is 2.69. The molecule has 0 radical (unpaired) electrons. The third-order valence-corrected chi connectivity index (χ3v) is 4.78. The SMILES string of the molecule is Clc1ccc(CNCCn2ccc3c(Cl)cccc32)s1. The van der Waals surface area contributed by atoms with Gasteiger partial charge >= 0.3 is 0 Å². The van der Waals surface area contributed by atoms with Crippen LogP contribution in [0, 0.1) is 0 Å². The van der Waals surface area contributed by atoms with Crippen molar-refractivity contribution in [2.24, 2.45) is 0 Å². The fraction of sp³-hybridized carbons (Fsp3) is 0.200. The topological polar surface area (TPSA) is 17.0 Å². The Morgan fingerprint density at radius 3 is 2.80 bits per heavy atom. The van der Waals surface area contributed by atoms with E-state index in [0.29, 0.717) is 0 Å². The first-order valence-corrected chi connectivity index (χ1v) is 7.99. The van der Waals surface area contributed by atoms with Crippen LogP contribution < -0.4 is 5.32 Å². The summed E-state index contributed by atoms with van der Waals surface area (Å²) in [6.07, 6.45) is 2.08. The molecule has 0 spiro atoms. The Labute approximate surface area is 131 Å². The average Bonchev–Trinajstić information content (AvgIpc) is 3.02. The highest BCUT2D eigenvalue weighted by molar-refractivity contribution is 7.16. The van der Waals surface area contributed by atoms with Gasteiger partial charge in [0.25, 0.3) is 0 Å². The van der Waals surface area contributed by atoms with Gasteiger partial charge in [-0.3, -0.25) is 0 Å². The van der Waals surface area contributed by atoms with E-state index in [9.17, 15) is 0 Å². The molecule has 0 aliphatic rings. The van der Waals surface area contributed by atoms with Gasteiger partial charge in [-0.2, -0.15) is 0 Å². The van der Waals surface area contributed by atoms with Gasteiger partial charge in [0.05, 0.1) is 4.34 Å². The highest BCUT2D eigenvalue weighted by Gasteiger charge is 2.03. The zero-order valence-corrected chi connectivity index (χ0v) is 13.1. The number of hydrogen-bond acceptors (Lipinski definition) is 2. The van der Waals surface area contributed by atoms with Gasteiger partial charge in [-0.15, -0.1) is 11.3 Å². The Kier molecular flexibility index (Phi) is 4.32. The van der Waals surface area contributed by atoms with Gasteiger partial charge in [-0.05, 0) is 30.3 Å². The molecule has 20 heavy (non-hydrogen) atoms. The van der Waals surface area contributed by atoms with Crippen molar-refractivity contribution in [2.45, 2.75) is 13.1 Å². The molecule has 1 N–H and O–H groups in total. The molecule has 0 aliphatic carbocycles. The van der Waals surface area contributed by atoms with Crippen molar-refractivity contribution in [3.05, 3.63) is 56.8 Å². The standard InChI is InChI=1S/C15H14Cl2N2S/c16-13-2-1-3-14-12(13)6-8-19(14)9-7-18-10-11-4-5-15(17)20-11/h1-6,8,18H,7,9-10H2. The molecule has 1 aromatic carbocycles. The molecule has 104 valence electrons. The van der Waals surface area contributed by atoms with Crippen LogP contribution in [0.3, 0.4) is 0 Å². The highest BCUT2D eigenvalue weighted by atomic mass is 35.5. The molecular weight excluding hydrogens is 311 g/mol. The second-order valence-electron chi connectivity index (χ2n) is 4.56. The van der Waals surface area contributed by atoms with Gasteiger partial charge in [0, 0.05) is 46.6 Å². The van der Waals surface area contributed by atoms with Crippen LogP contribution in [0.25, 0.3) is 10.9 Å². The van der Waals surface area contributed by atoms with Crippen molar-refractivity contribution in [3.63, 3.8) is 0 Å². The molecule has 0 fully saturated rings. The summed E-state index contributed by atoms with van der Waals surface area (Å²) in [5.74, 6) is 0. The zero-order chi connectivity index (χ0) is 13.9. The lowest BCUT2D eigenvalue weighted by atomic mass is 10.2. The lowest BCUT2D eigenvalue weighted by Gasteiger charge is -2.07. The second kappa shape index (κ2) is 6.19. The Morgan fingerprint density at radius 2 is 2.00 bits per heavy atom. The van der Waals surface area contributed by atoms with Crippen molar-refractivity contribution in [3.8, 4) is 0 Å². The quantitative estimate of drug-likeness (QED) is 0.667. The van der Waals surface area contributed by atoms with E-state index in [1.54, 1.807) is 11.3 Å². The lowest BCUT2D eigenvalue weighted by Crippen LogP contribution is -2.18. The van der Waals surface area contributed by atoms with Crippen LogP contribution in [0.4, 0.5) is 0 Å². The molecule has 0 saturated carbocycles. The lowest BCUT2D eigenvalue weighted by molar-refractivity contribution is 0.613. The average molecular weight is 325 g/mol. The molecule has 2 nitrogen and oxygen atoms in total. The molecule has 2 heterocycles. The van der Waals surface area contributed by atoms with Crippen LogP contribution in [0.5, 0.6) is 0 Å². The molecular formula is C15H14Cl2N2S.